The number of aliphatic hydroxyl groups is 2. The number of carbonyl (C=O) groups is 2. The highest BCUT2D eigenvalue weighted by molar-refractivity contribution is 5.76. The lowest BCUT2D eigenvalue weighted by molar-refractivity contribution is -0.143. The molecule has 0 aliphatic heterocycles. The smallest absolute Gasteiger partial charge is 0.305 e. The van der Waals surface area contributed by atoms with Gasteiger partial charge >= 0.3 is 5.97 Å². The van der Waals surface area contributed by atoms with Gasteiger partial charge in [-0.2, -0.15) is 0 Å². The van der Waals surface area contributed by atoms with Gasteiger partial charge in [0, 0.05) is 12.8 Å². The number of allylic oxidation sites excluding steroid dienone is 5. The number of aliphatic hydroxyl groups excluding tert-OH is 2. The first-order valence-corrected chi connectivity index (χ1v) is 30.3. The van der Waals surface area contributed by atoms with Gasteiger partial charge in [0.25, 0.3) is 0 Å². The highest BCUT2D eigenvalue weighted by Crippen LogP contribution is 2.17. The van der Waals surface area contributed by atoms with E-state index >= 15 is 0 Å². The molecule has 0 aliphatic carbocycles. The van der Waals surface area contributed by atoms with Gasteiger partial charge in [-0.05, 0) is 57.8 Å². The third-order valence-corrected chi connectivity index (χ3v) is 13.9. The predicted molar refractivity (Wildman–Crippen MR) is 296 cm³/mol. The van der Waals surface area contributed by atoms with Gasteiger partial charge in [0.1, 0.15) is 0 Å². The van der Waals surface area contributed by atoms with E-state index in [1.807, 2.05) is 6.08 Å². The molecule has 0 saturated heterocycles. The summed E-state index contributed by atoms with van der Waals surface area (Å²) in [6, 6.07) is -0.626. The number of hydrogen-bond acceptors (Lipinski definition) is 5. The number of ether oxygens (including phenoxy) is 1. The van der Waals surface area contributed by atoms with Gasteiger partial charge < -0.3 is 20.3 Å². The molecule has 6 nitrogen and oxygen atoms in total. The second-order valence-electron chi connectivity index (χ2n) is 20.7. The third kappa shape index (κ3) is 53.4. The molecule has 0 aromatic heterocycles. The van der Waals surface area contributed by atoms with Crippen LogP contribution in [0.2, 0.25) is 0 Å². The van der Waals surface area contributed by atoms with Crippen LogP contribution in [0.25, 0.3) is 0 Å². The number of hydrogen-bond donors (Lipinski definition) is 3. The van der Waals surface area contributed by atoms with Crippen LogP contribution in [0.4, 0.5) is 0 Å². The Hall–Kier alpha value is -1.92. The third-order valence-electron chi connectivity index (χ3n) is 13.9. The minimum Gasteiger partial charge on any atom is -0.466 e. The molecule has 0 aliphatic rings. The maximum Gasteiger partial charge on any atom is 0.305 e. The molecule has 68 heavy (non-hydrogen) atoms. The number of unbranched alkanes of at least 4 members (excludes halogenated alkanes) is 41. The standard InChI is InChI=1S/C62H117NO5/c1-3-5-7-9-11-13-15-17-31-34-38-42-46-50-54-60(65)59(58-64)63-61(66)55-51-47-43-39-35-32-28-26-24-22-20-18-19-21-23-25-27-29-33-37-41-45-49-53-57-68-62(67)56-52-48-44-40-36-30-16-14-12-10-8-6-4-2/h8,10,14,16,50,54,59-60,64-65H,3-7,9,11-13,15,17-49,51-53,55-58H2,1-2H3,(H,63,66)/b10-8-,16-14-,54-50+. The van der Waals surface area contributed by atoms with Crippen LogP contribution < -0.4 is 5.32 Å². The van der Waals surface area contributed by atoms with Crippen molar-refractivity contribution < 1.29 is 24.5 Å². The number of amides is 1. The van der Waals surface area contributed by atoms with E-state index < -0.39 is 12.1 Å². The Balaban J connectivity index is 3.39. The lowest BCUT2D eigenvalue weighted by atomic mass is 10.0. The fraction of sp³-hybridized carbons (Fsp3) is 0.871. The van der Waals surface area contributed by atoms with Gasteiger partial charge in [-0.3, -0.25) is 9.59 Å². The second kappa shape index (κ2) is 57.7. The van der Waals surface area contributed by atoms with E-state index in [2.05, 4.69) is 43.5 Å². The molecule has 0 saturated carbocycles. The summed E-state index contributed by atoms with van der Waals surface area (Å²) in [5, 5.41) is 23.1. The van der Waals surface area contributed by atoms with Crippen LogP contribution >= 0.6 is 0 Å². The highest BCUT2D eigenvalue weighted by atomic mass is 16.5. The van der Waals surface area contributed by atoms with E-state index in [-0.39, 0.29) is 18.5 Å². The van der Waals surface area contributed by atoms with Crippen LogP contribution in [0.5, 0.6) is 0 Å². The largest absolute Gasteiger partial charge is 0.466 e. The molecular weight excluding hydrogens is 839 g/mol. The Labute approximate surface area is 424 Å². The molecule has 6 heteroatoms. The van der Waals surface area contributed by atoms with Gasteiger partial charge in [-0.1, -0.05) is 288 Å². The number of rotatable bonds is 56. The van der Waals surface area contributed by atoms with Crippen molar-refractivity contribution >= 4 is 11.9 Å². The van der Waals surface area contributed by atoms with Crippen LogP contribution in [0.15, 0.2) is 36.5 Å². The minimum absolute atomic E-state index is 0.000583. The minimum atomic E-state index is -0.843. The van der Waals surface area contributed by atoms with Crippen molar-refractivity contribution in [1.82, 2.24) is 5.32 Å². The van der Waals surface area contributed by atoms with Gasteiger partial charge in [-0.15, -0.1) is 0 Å². The Kier molecular flexibility index (Phi) is 56.0. The van der Waals surface area contributed by atoms with Crippen LogP contribution in [0, 0.1) is 0 Å². The summed E-state index contributed by atoms with van der Waals surface area (Å²) in [5.41, 5.74) is 0. The quantitative estimate of drug-likeness (QED) is 0.0321. The van der Waals surface area contributed by atoms with E-state index in [1.165, 1.54) is 244 Å². The lowest BCUT2D eigenvalue weighted by Gasteiger charge is -2.20. The topological polar surface area (TPSA) is 95.9 Å². The normalized spacial score (nSPS) is 12.8. The molecule has 0 spiro atoms. The van der Waals surface area contributed by atoms with E-state index in [1.54, 1.807) is 6.08 Å². The molecule has 0 radical (unpaired) electrons. The SMILES string of the molecule is CCC/C=C\C/C=C\CCCCCCCC(=O)OCCCCCCCCCCCCCCCCCCCCCCCCCCC(=O)NC(CO)C(O)/C=C/CCCCCCCCCCCCCC. The molecule has 1 amide bonds. The first kappa shape index (κ1) is 66.1. The summed E-state index contributed by atoms with van der Waals surface area (Å²) in [7, 11) is 0. The maximum absolute atomic E-state index is 12.5. The van der Waals surface area contributed by atoms with Gasteiger partial charge in [0.05, 0.1) is 25.4 Å². The Bertz CT molecular complexity index is 1100. The summed E-state index contributed by atoms with van der Waals surface area (Å²) in [4.78, 5) is 24.5. The molecule has 0 heterocycles. The van der Waals surface area contributed by atoms with Crippen LogP contribution in [0.3, 0.4) is 0 Å². The first-order chi connectivity index (χ1) is 33.5. The summed E-state index contributed by atoms with van der Waals surface area (Å²) >= 11 is 0. The first-order valence-electron chi connectivity index (χ1n) is 30.3. The zero-order chi connectivity index (χ0) is 49.3. The summed E-state index contributed by atoms with van der Waals surface area (Å²) in [5.74, 6) is -0.0669. The molecule has 0 rings (SSSR count). The van der Waals surface area contributed by atoms with Crippen LogP contribution in [-0.4, -0.2) is 47.4 Å². The van der Waals surface area contributed by atoms with Gasteiger partial charge in [-0.25, -0.2) is 0 Å². The molecule has 0 bridgehead atoms. The molecule has 400 valence electrons. The highest BCUT2D eigenvalue weighted by Gasteiger charge is 2.18. The predicted octanol–water partition coefficient (Wildman–Crippen LogP) is 18.8. The number of carbonyl (C=O) groups excluding carboxylic acids is 2. The fourth-order valence-corrected chi connectivity index (χ4v) is 9.26. The van der Waals surface area contributed by atoms with Crippen molar-refractivity contribution in [2.24, 2.45) is 0 Å². The second-order valence-corrected chi connectivity index (χ2v) is 20.7. The summed E-state index contributed by atoms with van der Waals surface area (Å²) < 4.78 is 5.47. The molecular formula is C62H117NO5. The van der Waals surface area contributed by atoms with Crippen LogP contribution in [0.1, 0.15) is 322 Å². The number of nitrogens with one attached hydrogen (secondary N) is 1. The molecule has 2 atom stereocenters. The monoisotopic (exact) mass is 956 g/mol. The van der Waals surface area contributed by atoms with E-state index in [0.29, 0.717) is 19.4 Å². The van der Waals surface area contributed by atoms with Crippen molar-refractivity contribution in [3.05, 3.63) is 36.5 Å². The Morgan fingerprint density at radius 3 is 1.18 bits per heavy atom. The summed E-state index contributed by atoms with van der Waals surface area (Å²) in [6.07, 6.45) is 71.8. The van der Waals surface area contributed by atoms with Crippen molar-refractivity contribution in [2.75, 3.05) is 13.2 Å². The molecule has 0 aromatic carbocycles. The van der Waals surface area contributed by atoms with E-state index in [4.69, 9.17) is 4.74 Å². The molecule has 0 fully saturated rings. The lowest BCUT2D eigenvalue weighted by Crippen LogP contribution is -2.45. The number of esters is 1. The Morgan fingerprint density at radius 2 is 0.765 bits per heavy atom. The van der Waals surface area contributed by atoms with Crippen molar-refractivity contribution in [2.45, 2.75) is 334 Å². The zero-order valence-corrected chi connectivity index (χ0v) is 45.6. The summed E-state index contributed by atoms with van der Waals surface area (Å²) in [6.45, 7) is 4.84. The maximum atomic E-state index is 12.5. The van der Waals surface area contributed by atoms with Crippen molar-refractivity contribution in [3.63, 3.8) is 0 Å². The Morgan fingerprint density at radius 1 is 0.412 bits per heavy atom. The van der Waals surface area contributed by atoms with Crippen LogP contribution in [-0.2, 0) is 14.3 Å². The van der Waals surface area contributed by atoms with Gasteiger partial charge in [0.15, 0.2) is 0 Å². The van der Waals surface area contributed by atoms with E-state index in [0.717, 1.165) is 51.4 Å². The van der Waals surface area contributed by atoms with E-state index in [9.17, 15) is 19.8 Å². The molecule has 0 aromatic rings. The van der Waals surface area contributed by atoms with Gasteiger partial charge in [0.2, 0.25) is 5.91 Å². The molecule has 3 N–H and O–H groups in total. The van der Waals surface area contributed by atoms with Crippen molar-refractivity contribution in [3.8, 4) is 0 Å². The molecule has 2 unspecified atom stereocenters. The average Bonchev–Trinajstić information content (AvgIpc) is 3.34. The van der Waals surface area contributed by atoms with Crippen molar-refractivity contribution in [1.29, 1.82) is 0 Å². The zero-order valence-electron chi connectivity index (χ0n) is 45.6. The average molecular weight is 957 g/mol. The fourth-order valence-electron chi connectivity index (χ4n) is 9.26.